The number of aliphatic carboxylic acids is 1. The number of Topliss-reactive ketones (excluding diaryl/α,β-unsaturated/α-hetero) is 1. The first-order valence-electron chi connectivity index (χ1n) is 9.06. The van der Waals surface area contributed by atoms with Crippen molar-refractivity contribution in [1.82, 2.24) is 5.48 Å². The molecule has 0 saturated heterocycles. The van der Waals surface area contributed by atoms with Crippen molar-refractivity contribution >= 4 is 11.8 Å². The standard InChI is InChI=1S/C20H23NO5/c1-20-7-6-13-12-3-2-11(22)8-15(12)17(23)9-14(13)16(20)4-5-18(20)21-26-10-19(24)25/h2-3,5,8,13-14,16,21-22H,4,6-7,9-10H2,1H3,(H,24,25)/t13-,14-,16+,20+/m1/s1. The number of benzene rings is 1. The summed E-state index contributed by atoms with van der Waals surface area (Å²) in [5, 5.41) is 18.5. The van der Waals surface area contributed by atoms with Crippen molar-refractivity contribution < 1.29 is 24.6 Å². The van der Waals surface area contributed by atoms with Crippen molar-refractivity contribution in [2.45, 2.75) is 38.5 Å². The van der Waals surface area contributed by atoms with E-state index in [1.807, 2.05) is 6.07 Å². The minimum absolute atomic E-state index is 0.102. The van der Waals surface area contributed by atoms with Crippen LogP contribution in [0.5, 0.6) is 5.75 Å². The quantitative estimate of drug-likeness (QED) is 0.717. The summed E-state index contributed by atoms with van der Waals surface area (Å²) in [6, 6.07) is 5.17. The average Bonchev–Trinajstić information content (AvgIpc) is 2.92. The van der Waals surface area contributed by atoms with Gasteiger partial charge < -0.3 is 10.2 Å². The van der Waals surface area contributed by atoms with Crippen LogP contribution in [0, 0.1) is 17.3 Å². The SMILES string of the molecule is C[C@]12CC[C@@H]3c4ccc(O)cc4C(=O)C[C@H]3[C@@H]1CC=C2NOCC(=O)O. The van der Waals surface area contributed by atoms with Crippen LogP contribution in [-0.2, 0) is 9.63 Å². The second kappa shape index (κ2) is 6.13. The molecule has 3 aliphatic rings. The first-order chi connectivity index (χ1) is 12.4. The van der Waals surface area contributed by atoms with Crippen molar-refractivity contribution in [3.8, 4) is 5.75 Å². The number of carboxylic acid groups (broad SMARTS) is 1. The summed E-state index contributed by atoms with van der Waals surface area (Å²) in [5.41, 5.74) is 5.39. The summed E-state index contributed by atoms with van der Waals surface area (Å²) in [5.74, 6) is 0.135. The van der Waals surface area contributed by atoms with Gasteiger partial charge in [0, 0.05) is 23.1 Å². The molecule has 1 fully saturated rings. The lowest BCUT2D eigenvalue weighted by atomic mass is 9.55. The molecule has 1 aromatic rings. The van der Waals surface area contributed by atoms with Crippen LogP contribution in [0.15, 0.2) is 30.0 Å². The van der Waals surface area contributed by atoms with Gasteiger partial charge in [-0.1, -0.05) is 19.1 Å². The number of phenolic OH excluding ortho intramolecular Hbond substituents is 1. The van der Waals surface area contributed by atoms with Gasteiger partial charge in [-0.15, -0.1) is 0 Å². The van der Waals surface area contributed by atoms with Crippen LogP contribution in [-0.4, -0.2) is 28.6 Å². The molecular formula is C20H23NO5. The molecule has 4 rings (SSSR count). The molecule has 3 N–H and O–H groups in total. The second-order valence-corrected chi connectivity index (χ2v) is 7.87. The van der Waals surface area contributed by atoms with E-state index in [-0.39, 0.29) is 29.5 Å². The van der Waals surface area contributed by atoms with Crippen molar-refractivity contribution in [3.63, 3.8) is 0 Å². The van der Waals surface area contributed by atoms with E-state index in [1.54, 1.807) is 12.1 Å². The monoisotopic (exact) mass is 357 g/mol. The van der Waals surface area contributed by atoms with Gasteiger partial charge >= 0.3 is 5.97 Å². The predicted octanol–water partition coefficient (Wildman–Crippen LogP) is 2.99. The molecule has 0 aromatic heterocycles. The Morgan fingerprint density at radius 3 is 3.00 bits per heavy atom. The first kappa shape index (κ1) is 17.1. The highest BCUT2D eigenvalue weighted by molar-refractivity contribution is 5.99. The number of hydrogen-bond donors (Lipinski definition) is 3. The lowest BCUT2D eigenvalue weighted by Gasteiger charge is -2.49. The molecule has 0 aliphatic heterocycles. The molecule has 3 aliphatic carbocycles. The average molecular weight is 357 g/mol. The highest BCUT2D eigenvalue weighted by Gasteiger charge is 2.53. The van der Waals surface area contributed by atoms with Gasteiger partial charge in [-0.3, -0.25) is 15.1 Å². The Bertz CT molecular complexity index is 801. The van der Waals surface area contributed by atoms with E-state index in [2.05, 4.69) is 18.5 Å². The summed E-state index contributed by atoms with van der Waals surface area (Å²) in [6.07, 6.45) is 5.35. The van der Waals surface area contributed by atoms with Crippen molar-refractivity contribution in [3.05, 3.63) is 41.1 Å². The van der Waals surface area contributed by atoms with Gasteiger partial charge in [0.05, 0.1) is 0 Å². The molecule has 6 nitrogen and oxygen atoms in total. The number of rotatable bonds is 4. The Kier molecular flexibility index (Phi) is 4.03. The van der Waals surface area contributed by atoms with Crippen molar-refractivity contribution in [2.75, 3.05) is 6.61 Å². The molecule has 6 heteroatoms. The Morgan fingerprint density at radius 2 is 2.23 bits per heavy atom. The normalized spacial score (nSPS) is 32.3. The van der Waals surface area contributed by atoms with Crippen LogP contribution in [0.25, 0.3) is 0 Å². The molecule has 0 spiro atoms. The molecule has 0 amide bonds. The zero-order valence-electron chi connectivity index (χ0n) is 14.7. The Morgan fingerprint density at radius 1 is 1.42 bits per heavy atom. The van der Waals surface area contributed by atoms with Crippen LogP contribution < -0.4 is 5.48 Å². The summed E-state index contributed by atoms with van der Waals surface area (Å²) in [6.45, 7) is 1.79. The number of hydrogen-bond acceptors (Lipinski definition) is 5. The van der Waals surface area contributed by atoms with Crippen molar-refractivity contribution in [1.29, 1.82) is 0 Å². The largest absolute Gasteiger partial charge is 0.508 e. The van der Waals surface area contributed by atoms with Gasteiger partial charge in [-0.05, 0) is 54.7 Å². The molecule has 0 radical (unpaired) electrons. The van der Waals surface area contributed by atoms with E-state index in [0.29, 0.717) is 23.8 Å². The lowest BCUT2D eigenvalue weighted by molar-refractivity contribution is -0.144. The maximum atomic E-state index is 12.7. The number of ketones is 1. The number of carbonyl (C=O) groups excluding carboxylic acids is 1. The fourth-order valence-electron chi connectivity index (χ4n) is 5.29. The van der Waals surface area contributed by atoms with Gasteiger partial charge in [0.25, 0.3) is 0 Å². The van der Waals surface area contributed by atoms with E-state index in [4.69, 9.17) is 9.94 Å². The summed E-state index contributed by atoms with van der Waals surface area (Å²) in [4.78, 5) is 28.4. The smallest absolute Gasteiger partial charge is 0.332 e. The van der Waals surface area contributed by atoms with Gasteiger partial charge in [-0.2, -0.15) is 0 Å². The van der Waals surface area contributed by atoms with Gasteiger partial charge in [0.2, 0.25) is 0 Å². The summed E-state index contributed by atoms with van der Waals surface area (Å²) < 4.78 is 0. The van der Waals surface area contributed by atoms with E-state index in [0.717, 1.165) is 30.5 Å². The minimum atomic E-state index is -1.01. The van der Waals surface area contributed by atoms with Crippen LogP contribution in [0.3, 0.4) is 0 Å². The third kappa shape index (κ3) is 2.60. The van der Waals surface area contributed by atoms with Crippen LogP contribution in [0.2, 0.25) is 0 Å². The van der Waals surface area contributed by atoms with Crippen LogP contribution >= 0.6 is 0 Å². The van der Waals surface area contributed by atoms with Crippen LogP contribution in [0.4, 0.5) is 0 Å². The second-order valence-electron chi connectivity index (χ2n) is 7.87. The lowest BCUT2D eigenvalue weighted by Crippen LogP contribution is -2.44. The molecule has 1 saturated carbocycles. The number of hydroxylamine groups is 1. The van der Waals surface area contributed by atoms with E-state index >= 15 is 0 Å². The van der Waals surface area contributed by atoms with E-state index < -0.39 is 5.97 Å². The maximum absolute atomic E-state index is 12.7. The third-order valence-electron chi connectivity index (χ3n) is 6.55. The highest BCUT2D eigenvalue weighted by Crippen LogP contribution is 2.60. The molecule has 0 unspecified atom stereocenters. The molecule has 138 valence electrons. The molecule has 1 aromatic carbocycles. The Hall–Kier alpha value is -2.34. The fraction of sp³-hybridized carbons (Fsp3) is 0.500. The molecule has 0 heterocycles. The number of allylic oxidation sites excluding steroid dienone is 2. The predicted molar refractivity (Wildman–Crippen MR) is 93.5 cm³/mol. The summed E-state index contributed by atoms with van der Waals surface area (Å²) in [7, 11) is 0. The van der Waals surface area contributed by atoms with E-state index in [9.17, 15) is 14.7 Å². The number of nitrogens with one attached hydrogen (secondary N) is 1. The Balaban J connectivity index is 1.57. The molecule has 0 bridgehead atoms. The summed E-state index contributed by atoms with van der Waals surface area (Å²) >= 11 is 0. The van der Waals surface area contributed by atoms with Gasteiger partial charge in [0.15, 0.2) is 12.4 Å². The molecular weight excluding hydrogens is 334 g/mol. The third-order valence-corrected chi connectivity index (χ3v) is 6.55. The first-order valence-corrected chi connectivity index (χ1v) is 9.06. The molecule has 26 heavy (non-hydrogen) atoms. The number of phenols is 1. The topological polar surface area (TPSA) is 95.9 Å². The fourth-order valence-corrected chi connectivity index (χ4v) is 5.29. The van der Waals surface area contributed by atoms with Crippen molar-refractivity contribution in [2.24, 2.45) is 17.3 Å². The minimum Gasteiger partial charge on any atom is -0.508 e. The number of carboxylic acids is 1. The van der Waals surface area contributed by atoms with E-state index in [1.165, 1.54) is 0 Å². The van der Waals surface area contributed by atoms with Gasteiger partial charge in [0.1, 0.15) is 5.75 Å². The molecule has 4 atom stereocenters. The maximum Gasteiger partial charge on any atom is 0.332 e. The van der Waals surface area contributed by atoms with Gasteiger partial charge in [-0.25, -0.2) is 4.79 Å². The zero-order chi connectivity index (χ0) is 18.5. The number of aromatic hydroxyl groups is 1. The number of fused-ring (bicyclic) bond motifs is 5. The zero-order valence-corrected chi connectivity index (χ0v) is 14.7. The Labute approximate surface area is 151 Å². The van der Waals surface area contributed by atoms with Crippen LogP contribution in [0.1, 0.15) is 54.4 Å². The number of carbonyl (C=O) groups is 2. The highest BCUT2D eigenvalue weighted by atomic mass is 16.7.